The molecule has 0 aliphatic heterocycles. The van der Waals surface area contributed by atoms with Crippen molar-refractivity contribution in [2.75, 3.05) is 18.5 Å². The van der Waals surface area contributed by atoms with Crippen molar-refractivity contribution in [1.82, 2.24) is 5.32 Å². The zero-order valence-electron chi connectivity index (χ0n) is 16.2. The van der Waals surface area contributed by atoms with E-state index in [1.54, 1.807) is 19.1 Å². The monoisotopic (exact) mass is 492 g/mol. The predicted molar refractivity (Wildman–Crippen MR) is 118 cm³/mol. The van der Waals surface area contributed by atoms with Crippen molar-refractivity contribution in [2.24, 2.45) is 0 Å². The minimum atomic E-state index is -0.500. The summed E-state index contributed by atoms with van der Waals surface area (Å²) >= 11 is 9.56. The smallest absolute Gasteiger partial charge is 0.336 e. The van der Waals surface area contributed by atoms with Gasteiger partial charge in [0.15, 0.2) is 6.61 Å². The Morgan fingerprint density at radius 1 is 1.10 bits per heavy atom. The highest BCUT2D eigenvalue weighted by Gasteiger charge is 2.12. The molecule has 0 aliphatic rings. The van der Waals surface area contributed by atoms with Gasteiger partial charge in [0.25, 0.3) is 5.91 Å². The van der Waals surface area contributed by atoms with Gasteiger partial charge in [-0.15, -0.1) is 0 Å². The third-order valence-electron chi connectivity index (χ3n) is 4.27. The molecule has 2 aromatic carbocycles. The van der Waals surface area contributed by atoms with Crippen molar-refractivity contribution in [1.29, 1.82) is 0 Å². The summed E-state index contributed by atoms with van der Waals surface area (Å²) in [7, 11) is 0. The first kappa shape index (κ1) is 21.9. The first-order valence-electron chi connectivity index (χ1n) is 8.92. The summed E-state index contributed by atoms with van der Waals surface area (Å²) < 4.78 is 11.5. The van der Waals surface area contributed by atoms with Crippen LogP contribution in [-0.2, 0) is 9.59 Å². The van der Waals surface area contributed by atoms with E-state index in [4.69, 9.17) is 20.8 Å². The van der Waals surface area contributed by atoms with Crippen molar-refractivity contribution in [2.45, 2.75) is 13.8 Å². The Hall–Kier alpha value is -2.84. The van der Waals surface area contributed by atoms with Crippen molar-refractivity contribution < 1.29 is 18.7 Å². The van der Waals surface area contributed by atoms with Gasteiger partial charge in [-0.3, -0.25) is 9.59 Å². The van der Waals surface area contributed by atoms with Gasteiger partial charge in [-0.25, -0.2) is 4.79 Å². The number of hydrogen-bond acceptors (Lipinski definition) is 5. The number of benzene rings is 2. The van der Waals surface area contributed by atoms with Gasteiger partial charge < -0.3 is 19.8 Å². The summed E-state index contributed by atoms with van der Waals surface area (Å²) in [5.41, 5.74) is 2.09. The Kier molecular flexibility index (Phi) is 6.79. The molecule has 9 heteroatoms. The molecule has 0 unspecified atom stereocenters. The number of aryl methyl sites for hydroxylation is 2. The van der Waals surface area contributed by atoms with Crippen molar-refractivity contribution >= 4 is 56.0 Å². The average molecular weight is 494 g/mol. The number of carbonyl (C=O) groups excluding carboxylic acids is 2. The maximum absolute atomic E-state index is 12.1. The number of fused-ring (bicyclic) bond motifs is 1. The van der Waals surface area contributed by atoms with E-state index in [-0.39, 0.29) is 29.8 Å². The lowest BCUT2D eigenvalue weighted by atomic mass is 10.1. The number of anilines is 1. The van der Waals surface area contributed by atoms with Gasteiger partial charge in [-0.2, -0.15) is 0 Å². The summed E-state index contributed by atoms with van der Waals surface area (Å²) in [4.78, 5) is 35.6. The van der Waals surface area contributed by atoms with Gasteiger partial charge in [0.05, 0.1) is 11.6 Å². The molecule has 30 heavy (non-hydrogen) atoms. The van der Waals surface area contributed by atoms with Crippen LogP contribution >= 0.6 is 27.5 Å². The maximum Gasteiger partial charge on any atom is 0.336 e. The molecule has 0 spiro atoms. The van der Waals surface area contributed by atoms with Gasteiger partial charge in [-0.1, -0.05) is 27.5 Å². The quantitative estimate of drug-likeness (QED) is 0.507. The Labute approximate surface area is 185 Å². The minimum Gasteiger partial charge on any atom is -0.482 e. The van der Waals surface area contributed by atoms with Crippen LogP contribution in [0.15, 0.2) is 50.1 Å². The first-order chi connectivity index (χ1) is 14.2. The van der Waals surface area contributed by atoms with Crippen molar-refractivity contribution in [3.05, 3.63) is 67.4 Å². The van der Waals surface area contributed by atoms with E-state index in [1.807, 2.05) is 19.1 Å². The zero-order chi connectivity index (χ0) is 21.8. The van der Waals surface area contributed by atoms with Gasteiger partial charge in [0.2, 0.25) is 5.91 Å². The van der Waals surface area contributed by atoms with E-state index in [9.17, 15) is 14.4 Å². The van der Waals surface area contributed by atoms with Crippen LogP contribution in [0.5, 0.6) is 5.75 Å². The minimum absolute atomic E-state index is 0.197. The van der Waals surface area contributed by atoms with Crippen LogP contribution in [0.4, 0.5) is 5.69 Å². The third kappa shape index (κ3) is 5.40. The van der Waals surface area contributed by atoms with Crippen LogP contribution in [0.2, 0.25) is 5.02 Å². The third-order valence-corrected chi connectivity index (χ3v) is 5.06. The van der Waals surface area contributed by atoms with Crippen LogP contribution < -0.4 is 21.0 Å². The van der Waals surface area contributed by atoms with Gasteiger partial charge >= 0.3 is 5.63 Å². The molecule has 0 saturated carbocycles. The highest BCUT2D eigenvalue weighted by atomic mass is 79.9. The van der Waals surface area contributed by atoms with Gasteiger partial charge in [0.1, 0.15) is 11.3 Å². The molecule has 0 fully saturated rings. The zero-order valence-corrected chi connectivity index (χ0v) is 18.5. The molecule has 7 nitrogen and oxygen atoms in total. The second kappa shape index (κ2) is 9.32. The fourth-order valence-corrected chi connectivity index (χ4v) is 3.46. The van der Waals surface area contributed by atoms with E-state index in [0.717, 1.165) is 15.6 Å². The molecule has 0 saturated heterocycles. The maximum atomic E-state index is 12.1. The molecular weight excluding hydrogens is 476 g/mol. The molecule has 3 aromatic rings. The van der Waals surface area contributed by atoms with Crippen LogP contribution in [0.25, 0.3) is 11.0 Å². The number of amides is 2. The van der Waals surface area contributed by atoms with E-state index < -0.39 is 11.5 Å². The molecule has 2 amide bonds. The second-order valence-corrected chi connectivity index (χ2v) is 7.92. The number of halogens is 2. The Morgan fingerprint density at radius 3 is 2.60 bits per heavy atom. The molecule has 156 valence electrons. The fourth-order valence-electron chi connectivity index (χ4n) is 2.77. The lowest BCUT2D eigenvalue weighted by Gasteiger charge is -2.11. The van der Waals surface area contributed by atoms with Crippen molar-refractivity contribution in [3.8, 4) is 5.75 Å². The number of carbonyl (C=O) groups is 2. The topological polar surface area (TPSA) is 97.6 Å². The van der Waals surface area contributed by atoms with Gasteiger partial charge in [-0.05, 0) is 49.2 Å². The summed E-state index contributed by atoms with van der Waals surface area (Å²) in [5, 5.41) is 6.16. The summed E-state index contributed by atoms with van der Waals surface area (Å²) in [6.45, 7) is 3.07. The molecule has 0 bridgehead atoms. The highest BCUT2D eigenvalue weighted by molar-refractivity contribution is 9.10. The first-order valence-corrected chi connectivity index (χ1v) is 10.1. The van der Waals surface area contributed by atoms with E-state index in [1.165, 1.54) is 12.1 Å². The molecule has 3 rings (SSSR count). The lowest BCUT2D eigenvalue weighted by molar-refractivity contribution is -0.125. The van der Waals surface area contributed by atoms with E-state index in [0.29, 0.717) is 16.7 Å². The molecule has 0 aliphatic carbocycles. The summed E-state index contributed by atoms with van der Waals surface area (Å²) in [6.07, 6.45) is 0. The summed E-state index contributed by atoms with van der Waals surface area (Å²) in [5.74, 6) is -0.669. The number of hydrogen-bond donors (Lipinski definition) is 2. The molecule has 1 aromatic heterocycles. The van der Waals surface area contributed by atoms with E-state index in [2.05, 4.69) is 26.6 Å². The van der Waals surface area contributed by atoms with Crippen LogP contribution in [0.3, 0.4) is 0 Å². The number of nitrogens with one attached hydrogen (secondary N) is 2. The van der Waals surface area contributed by atoms with Crippen LogP contribution in [0, 0.1) is 13.8 Å². The average Bonchev–Trinajstić information content (AvgIpc) is 2.67. The fraction of sp³-hybridized carbons (Fsp3) is 0.190. The number of rotatable bonds is 6. The SMILES string of the molecule is Cc1cc(Br)ccc1NC(=O)CNC(=O)COc1cc2oc(=O)cc(C)c2cc1Cl. The molecule has 2 N–H and O–H groups in total. The van der Waals surface area contributed by atoms with Gasteiger partial charge in [0, 0.05) is 27.7 Å². The molecular formula is C21H18BrClN2O5. The van der Waals surface area contributed by atoms with Crippen molar-refractivity contribution in [3.63, 3.8) is 0 Å². The lowest BCUT2D eigenvalue weighted by Crippen LogP contribution is -2.35. The Morgan fingerprint density at radius 2 is 1.87 bits per heavy atom. The molecule has 1 heterocycles. The molecule has 0 radical (unpaired) electrons. The summed E-state index contributed by atoms with van der Waals surface area (Å²) in [6, 6.07) is 9.89. The largest absolute Gasteiger partial charge is 0.482 e. The standard InChI is InChI=1S/C21H18BrClN2O5/c1-11-6-21(28)30-17-8-18(15(23)7-14(11)17)29-10-20(27)24-9-19(26)25-16-4-3-13(22)5-12(16)2/h3-8H,9-10H2,1-2H3,(H,24,27)(H,25,26). The van der Waals surface area contributed by atoms with E-state index >= 15 is 0 Å². The predicted octanol–water partition coefficient (Wildman–Crippen LogP) is 3.96. The Balaban J connectivity index is 1.56. The normalized spacial score (nSPS) is 10.7. The highest BCUT2D eigenvalue weighted by Crippen LogP contribution is 2.31. The van der Waals surface area contributed by atoms with Crippen LogP contribution in [0.1, 0.15) is 11.1 Å². The number of ether oxygens (including phenoxy) is 1. The second-order valence-electron chi connectivity index (χ2n) is 6.60. The Bertz CT molecular complexity index is 1190. The molecule has 0 atom stereocenters. The van der Waals surface area contributed by atoms with Crippen LogP contribution in [-0.4, -0.2) is 25.0 Å².